The molecule has 0 saturated carbocycles. The van der Waals surface area contributed by atoms with Crippen molar-refractivity contribution in [2.24, 2.45) is 0 Å². The zero-order valence-corrected chi connectivity index (χ0v) is 19.0. The van der Waals surface area contributed by atoms with E-state index in [2.05, 4.69) is 5.32 Å². The van der Waals surface area contributed by atoms with Crippen molar-refractivity contribution in [3.05, 3.63) is 53.6 Å². The van der Waals surface area contributed by atoms with E-state index >= 15 is 0 Å². The first kappa shape index (κ1) is 23.7. The summed E-state index contributed by atoms with van der Waals surface area (Å²) < 4.78 is 36.9. The monoisotopic (exact) mass is 434 g/mol. The van der Waals surface area contributed by atoms with Gasteiger partial charge >= 0.3 is 0 Å². The minimum absolute atomic E-state index is 0.141. The molecule has 30 heavy (non-hydrogen) atoms. The van der Waals surface area contributed by atoms with Crippen molar-refractivity contribution < 1.29 is 22.7 Å². The Kier molecular flexibility index (Phi) is 8.25. The number of methoxy groups -OCH3 is 1. The van der Waals surface area contributed by atoms with Crippen LogP contribution in [0.15, 0.2) is 47.4 Å². The highest BCUT2D eigenvalue weighted by Crippen LogP contribution is 2.25. The molecule has 2 rings (SSSR count). The molecule has 0 aliphatic carbocycles. The van der Waals surface area contributed by atoms with Crippen molar-refractivity contribution in [2.45, 2.75) is 37.6 Å². The largest absolute Gasteiger partial charge is 0.496 e. The van der Waals surface area contributed by atoms with Crippen LogP contribution in [0.2, 0.25) is 0 Å². The third-order valence-electron chi connectivity index (χ3n) is 4.58. The molecule has 0 unspecified atom stereocenters. The number of ether oxygens (including phenoxy) is 2. The van der Waals surface area contributed by atoms with Gasteiger partial charge in [-0.15, -0.1) is 0 Å². The molecule has 1 atom stereocenters. The Morgan fingerprint density at radius 1 is 1.13 bits per heavy atom. The number of nitrogens with one attached hydrogen (secondary N) is 1. The third-order valence-corrected chi connectivity index (χ3v) is 6.39. The molecule has 8 heteroatoms. The summed E-state index contributed by atoms with van der Waals surface area (Å²) in [5.41, 5.74) is 1.82. The Labute approximate surface area is 179 Å². The highest BCUT2D eigenvalue weighted by atomic mass is 32.2. The summed E-state index contributed by atoms with van der Waals surface area (Å²) in [5, 5.41) is 2.90. The standard InChI is InChI=1S/C22H30N2O5S/c1-16-6-9-19(10-7-16)29-15-17(2)23-22(25)13-8-18-14-20(11-12-21(18)28-5)30(26,27)24(3)4/h6-7,9-12,14,17H,8,13,15H2,1-5H3,(H,23,25)/t17-/m1/s1. The summed E-state index contributed by atoms with van der Waals surface area (Å²) in [4.78, 5) is 12.5. The van der Waals surface area contributed by atoms with Gasteiger partial charge in [0.05, 0.1) is 18.0 Å². The van der Waals surface area contributed by atoms with Crippen molar-refractivity contribution in [1.82, 2.24) is 9.62 Å². The lowest BCUT2D eigenvalue weighted by Crippen LogP contribution is -2.36. The fourth-order valence-corrected chi connectivity index (χ4v) is 3.77. The highest BCUT2D eigenvalue weighted by Gasteiger charge is 2.19. The number of amides is 1. The van der Waals surface area contributed by atoms with E-state index in [1.807, 2.05) is 38.1 Å². The van der Waals surface area contributed by atoms with E-state index in [-0.39, 0.29) is 23.3 Å². The predicted molar refractivity (Wildman–Crippen MR) is 116 cm³/mol. The van der Waals surface area contributed by atoms with Gasteiger partial charge in [0.25, 0.3) is 0 Å². The lowest BCUT2D eigenvalue weighted by molar-refractivity contribution is -0.121. The van der Waals surface area contributed by atoms with Gasteiger partial charge in [-0.2, -0.15) is 0 Å². The zero-order valence-electron chi connectivity index (χ0n) is 18.1. The summed E-state index contributed by atoms with van der Waals surface area (Å²) in [6.45, 7) is 4.23. The molecular formula is C22H30N2O5S. The maximum Gasteiger partial charge on any atom is 0.242 e. The molecule has 7 nitrogen and oxygen atoms in total. The Bertz CT molecular complexity index is 956. The van der Waals surface area contributed by atoms with Gasteiger partial charge in [0.1, 0.15) is 18.1 Å². The fraction of sp³-hybridized carbons (Fsp3) is 0.409. The first-order valence-electron chi connectivity index (χ1n) is 9.71. The van der Waals surface area contributed by atoms with E-state index in [1.165, 1.54) is 27.3 Å². The van der Waals surface area contributed by atoms with Crippen LogP contribution in [0.4, 0.5) is 0 Å². The predicted octanol–water partition coefficient (Wildman–Crippen LogP) is 2.77. The van der Waals surface area contributed by atoms with E-state index in [4.69, 9.17) is 9.47 Å². The molecule has 1 N–H and O–H groups in total. The number of nitrogens with zero attached hydrogens (tertiary/aromatic N) is 1. The lowest BCUT2D eigenvalue weighted by Gasteiger charge is -2.16. The van der Waals surface area contributed by atoms with Gasteiger partial charge in [-0.1, -0.05) is 17.7 Å². The first-order chi connectivity index (χ1) is 14.1. The quantitative estimate of drug-likeness (QED) is 0.622. The Morgan fingerprint density at radius 3 is 2.40 bits per heavy atom. The van der Waals surface area contributed by atoms with Gasteiger partial charge < -0.3 is 14.8 Å². The fourth-order valence-electron chi connectivity index (χ4n) is 2.81. The van der Waals surface area contributed by atoms with Crippen LogP contribution in [0.1, 0.15) is 24.5 Å². The number of carbonyl (C=O) groups excluding carboxylic acids is 1. The topological polar surface area (TPSA) is 84.9 Å². The molecule has 1 amide bonds. The summed E-state index contributed by atoms with van der Waals surface area (Å²) in [6, 6.07) is 12.2. The molecule has 0 radical (unpaired) electrons. The van der Waals surface area contributed by atoms with Crippen molar-refractivity contribution in [1.29, 1.82) is 0 Å². The summed E-state index contributed by atoms with van der Waals surface area (Å²) in [5.74, 6) is 1.17. The minimum Gasteiger partial charge on any atom is -0.496 e. The van der Waals surface area contributed by atoms with Gasteiger partial charge in [-0.3, -0.25) is 4.79 Å². The maximum atomic E-state index is 12.4. The zero-order chi connectivity index (χ0) is 22.3. The van der Waals surface area contributed by atoms with Gasteiger partial charge in [-0.25, -0.2) is 12.7 Å². The van der Waals surface area contributed by atoms with Crippen molar-refractivity contribution in [3.63, 3.8) is 0 Å². The summed E-state index contributed by atoms with van der Waals surface area (Å²) in [6.07, 6.45) is 0.564. The maximum absolute atomic E-state index is 12.4. The second-order valence-corrected chi connectivity index (χ2v) is 9.51. The minimum atomic E-state index is -3.56. The average molecular weight is 435 g/mol. The number of hydrogen-bond donors (Lipinski definition) is 1. The number of aryl methyl sites for hydroxylation is 2. The van der Waals surface area contributed by atoms with Gasteiger partial charge in [0.2, 0.25) is 15.9 Å². The van der Waals surface area contributed by atoms with Gasteiger partial charge in [0, 0.05) is 20.5 Å². The molecule has 164 valence electrons. The summed E-state index contributed by atoms with van der Waals surface area (Å²) >= 11 is 0. The van der Waals surface area contributed by atoms with Gasteiger partial charge in [-0.05, 0) is 56.2 Å². The molecule has 0 aliphatic heterocycles. The average Bonchev–Trinajstić information content (AvgIpc) is 2.71. The van der Waals surface area contributed by atoms with E-state index in [9.17, 15) is 13.2 Å². The van der Waals surface area contributed by atoms with Crippen LogP contribution < -0.4 is 14.8 Å². The van der Waals surface area contributed by atoms with E-state index in [0.29, 0.717) is 24.3 Å². The van der Waals surface area contributed by atoms with Crippen LogP contribution in [-0.2, 0) is 21.2 Å². The first-order valence-corrected chi connectivity index (χ1v) is 11.2. The number of rotatable bonds is 10. The number of hydrogen-bond acceptors (Lipinski definition) is 5. The normalized spacial score (nSPS) is 12.5. The molecule has 0 fully saturated rings. The summed E-state index contributed by atoms with van der Waals surface area (Å²) in [7, 11) is 0.918. The van der Waals surface area contributed by atoms with E-state index < -0.39 is 10.0 Å². The highest BCUT2D eigenvalue weighted by molar-refractivity contribution is 7.89. The molecule has 2 aromatic carbocycles. The van der Waals surface area contributed by atoms with Crippen molar-refractivity contribution in [2.75, 3.05) is 27.8 Å². The lowest BCUT2D eigenvalue weighted by atomic mass is 10.1. The molecule has 0 spiro atoms. The molecule has 0 aliphatic rings. The molecule has 0 aromatic heterocycles. The number of carbonyl (C=O) groups is 1. The number of benzene rings is 2. The van der Waals surface area contributed by atoms with E-state index in [1.54, 1.807) is 12.1 Å². The number of sulfonamides is 1. The Balaban J connectivity index is 1.93. The molecule has 0 heterocycles. The van der Waals surface area contributed by atoms with Crippen molar-refractivity contribution in [3.8, 4) is 11.5 Å². The van der Waals surface area contributed by atoms with Gasteiger partial charge in [0.15, 0.2) is 0 Å². The Hall–Kier alpha value is -2.58. The molecule has 0 bridgehead atoms. The molecular weight excluding hydrogens is 404 g/mol. The second-order valence-electron chi connectivity index (χ2n) is 7.35. The van der Waals surface area contributed by atoms with Crippen LogP contribution in [-0.4, -0.2) is 52.5 Å². The second kappa shape index (κ2) is 10.4. The Morgan fingerprint density at radius 2 is 1.80 bits per heavy atom. The molecule has 2 aromatic rings. The SMILES string of the molecule is COc1ccc(S(=O)(=O)N(C)C)cc1CCC(=O)N[C@H](C)COc1ccc(C)cc1. The van der Waals surface area contributed by atoms with Crippen molar-refractivity contribution >= 4 is 15.9 Å². The smallest absolute Gasteiger partial charge is 0.242 e. The van der Waals surface area contributed by atoms with Crippen LogP contribution in [0, 0.1) is 6.92 Å². The van der Waals surface area contributed by atoms with Crippen LogP contribution in [0.25, 0.3) is 0 Å². The van der Waals surface area contributed by atoms with Crippen LogP contribution in [0.5, 0.6) is 11.5 Å². The van der Waals surface area contributed by atoms with E-state index in [0.717, 1.165) is 15.6 Å². The molecule has 0 saturated heterocycles. The van der Waals surface area contributed by atoms with Crippen LogP contribution in [0.3, 0.4) is 0 Å². The van der Waals surface area contributed by atoms with Crippen LogP contribution >= 0.6 is 0 Å². The third kappa shape index (κ3) is 6.47.